The summed E-state index contributed by atoms with van der Waals surface area (Å²) < 4.78 is 0. The summed E-state index contributed by atoms with van der Waals surface area (Å²) in [7, 11) is 0. The van der Waals surface area contributed by atoms with Gasteiger partial charge in [-0.2, -0.15) is 0 Å². The normalized spacial score (nSPS) is 16.4. The highest BCUT2D eigenvalue weighted by atomic mass is 32.1. The van der Waals surface area contributed by atoms with Crippen LogP contribution in [0.3, 0.4) is 0 Å². The molecule has 0 amide bonds. The Morgan fingerprint density at radius 3 is 2.72 bits per heavy atom. The smallest absolute Gasteiger partial charge is 0.0761 e. The highest BCUT2D eigenvalue weighted by Gasteiger charge is 2.17. The number of rotatable bonds is 2. The van der Waals surface area contributed by atoms with Gasteiger partial charge < -0.3 is 10.0 Å². The summed E-state index contributed by atoms with van der Waals surface area (Å²) in [6, 6.07) is 10.5. The fraction of sp³-hybridized carbons (Fsp3) is 0.333. The van der Waals surface area contributed by atoms with E-state index >= 15 is 0 Å². The second-order valence-electron chi connectivity index (χ2n) is 4.81. The van der Waals surface area contributed by atoms with Crippen LogP contribution in [0.15, 0.2) is 35.7 Å². The van der Waals surface area contributed by atoms with Crippen molar-refractivity contribution in [3.05, 3.63) is 51.7 Å². The van der Waals surface area contributed by atoms with Crippen molar-refractivity contribution < 1.29 is 5.11 Å². The molecular weight excluding hydrogens is 242 g/mol. The Balaban J connectivity index is 1.80. The number of benzene rings is 1. The lowest BCUT2D eigenvalue weighted by Crippen LogP contribution is -2.29. The Bertz CT molecular complexity index is 530. The summed E-state index contributed by atoms with van der Waals surface area (Å²) in [6.45, 7) is 3.89. The molecule has 1 atom stereocenters. The van der Waals surface area contributed by atoms with E-state index in [1.54, 1.807) is 6.92 Å². The predicted molar refractivity (Wildman–Crippen MR) is 76.1 cm³/mol. The van der Waals surface area contributed by atoms with Crippen LogP contribution in [-0.4, -0.2) is 11.7 Å². The molecule has 1 aromatic carbocycles. The third-order valence-electron chi connectivity index (χ3n) is 3.55. The lowest BCUT2D eigenvalue weighted by atomic mass is 10.1. The average Bonchev–Trinajstić information content (AvgIpc) is 2.86. The van der Waals surface area contributed by atoms with Crippen molar-refractivity contribution in [3.63, 3.8) is 0 Å². The number of thiophene rings is 1. The van der Waals surface area contributed by atoms with Crippen molar-refractivity contribution in [1.29, 1.82) is 0 Å². The van der Waals surface area contributed by atoms with Crippen molar-refractivity contribution in [3.8, 4) is 0 Å². The number of anilines is 1. The number of aliphatic hydroxyl groups is 1. The standard InChI is InChI=1S/C15H17NOS/c1-11(17)12-2-4-14(5-3-12)16-8-6-15-13(10-16)7-9-18-15/h2-5,7,9,11,17H,6,8,10H2,1H3/t11-/m0/s1. The third kappa shape index (κ3) is 2.16. The Kier molecular flexibility index (Phi) is 3.10. The second-order valence-corrected chi connectivity index (χ2v) is 5.81. The first-order chi connectivity index (χ1) is 8.74. The van der Waals surface area contributed by atoms with Crippen LogP contribution in [0.1, 0.15) is 29.0 Å². The first-order valence-electron chi connectivity index (χ1n) is 6.32. The number of nitrogens with zero attached hydrogens (tertiary/aromatic N) is 1. The van der Waals surface area contributed by atoms with Crippen molar-refractivity contribution in [2.45, 2.75) is 26.0 Å². The molecule has 0 saturated heterocycles. The molecule has 3 heteroatoms. The molecule has 0 aliphatic carbocycles. The monoisotopic (exact) mass is 259 g/mol. The van der Waals surface area contributed by atoms with E-state index < -0.39 is 0 Å². The van der Waals surface area contributed by atoms with E-state index in [0.717, 1.165) is 25.1 Å². The zero-order valence-electron chi connectivity index (χ0n) is 10.5. The molecule has 2 nitrogen and oxygen atoms in total. The number of hydrogen-bond donors (Lipinski definition) is 1. The molecule has 2 aromatic rings. The van der Waals surface area contributed by atoms with Gasteiger partial charge in [-0.25, -0.2) is 0 Å². The molecule has 1 aliphatic heterocycles. The minimum atomic E-state index is -0.385. The lowest BCUT2D eigenvalue weighted by Gasteiger charge is -2.29. The average molecular weight is 259 g/mol. The van der Waals surface area contributed by atoms with Gasteiger partial charge in [-0.1, -0.05) is 12.1 Å². The van der Waals surface area contributed by atoms with Crippen LogP contribution in [0.2, 0.25) is 0 Å². The molecule has 0 bridgehead atoms. The van der Waals surface area contributed by atoms with E-state index in [9.17, 15) is 5.11 Å². The maximum atomic E-state index is 9.52. The molecule has 0 spiro atoms. The lowest BCUT2D eigenvalue weighted by molar-refractivity contribution is 0.199. The fourth-order valence-corrected chi connectivity index (χ4v) is 3.32. The molecule has 1 aromatic heterocycles. The fourth-order valence-electron chi connectivity index (χ4n) is 2.43. The van der Waals surface area contributed by atoms with Crippen LogP contribution in [0.4, 0.5) is 5.69 Å². The van der Waals surface area contributed by atoms with E-state index in [1.807, 2.05) is 23.5 Å². The van der Waals surface area contributed by atoms with E-state index in [-0.39, 0.29) is 6.10 Å². The number of fused-ring (bicyclic) bond motifs is 1. The van der Waals surface area contributed by atoms with Gasteiger partial charge in [-0.05, 0) is 48.1 Å². The summed E-state index contributed by atoms with van der Waals surface area (Å²) >= 11 is 1.87. The Morgan fingerprint density at radius 2 is 2.00 bits per heavy atom. The summed E-state index contributed by atoms with van der Waals surface area (Å²) in [5, 5.41) is 11.7. The van der Waals surface area contributed by atoms with Gasteiger partial charge in [0, 0.05) is 23.7 Å². The Morgan fingerprint density at radius 1 is 1.22 bits per heavy atom. The maximum Gasteiger partial charge on any atom is 0.0761 e. The topological polar surface area (TPSA) is 23.5 Å². The van der Waals surface area contributed by atoms with Gasteiger partial charge in [0.15, 0.2) is 0 Å². The number of hydrogen-bond acceptors (Lipinski definition) is 3. The zero-order chi connectivity index (χ0) is 12.5. The van der Waals surface area contributed by atoms with Gasteiger partial charge >= 0.3 is 0 Å². The largest absolute Gasteiger partial charge is 0.389 e. The van der Waals surface area contributed by atoms with Gasteiger partial charge in [0.1, 0.15) is 0 Å². The van der Waals surface area contributed by atoms with Gasteiger partial charge in [0.05, 0.1) is 6.10 Å². The van der Waals surface area contributed by atoms with Crippen LogP contribution in [0.25, 0.3) is 0 Å². The second kappa shape index (κ2) is 4.75. The first-order valence-corrected chi connectivity index (χ1v) is 7.20. The van der Waals surface area contributed by atoms with E-state index in [2.05, 4.69) is 28.5 Å². The molecule has 94 valence electrons. The highest BCUT2D eigenvalue weighted by molar-refractivity contribution is 7.10. The molecule has 3 rings (SSSR count). The number of aliphatic hydroxyl groups excluding tert-OH is 1. The quantitative estimate of drug-likeness (QED) is 0.894. The third-order valence-corrected chi connectivity index (χ3v) is 4.57. The molecule has 18 heavy (non-hydrogen) atoms. The van der Waals surface area contributed by atoms with E-state index in [1.165, 1.54) is 16.1 Å². The van der Waals surface area contributed by atoms with Gasteiger partial charge in [0.25, 0.3) is 0 Å². The van der Waals surface area contributed by atoms with Crippen molar-refractivity contribution >= 4 is 17.0 Å². The van der Waals surface area contributed by atoms with Crippen molar-refractivity contribution in [2.75, 3.05) is 11.4 Å². The molecule has 0 unspecified atom stereocenters. The van der Waals surface area contributed by atoms with Crippen LogP contribution in [0.5, 0.6) is 0 Å². The van der Waals surface area contributed by atoms with Gasteiger partial charge in [-0.3, -0.25) is 0 Å². The van der Waals surface area contributed by atoms with Crippen LogP contribution >= 0.6 is 11.3 Å². The maximum absolute atomic E-state index is 9.52. The van der Waals surface area contributed by atoms with Crippen molar-refractivity contribution in [1.82, 2.24) is 0 Å². The van der Waals surface area contributed by atoms with Gasteiger partial charge in [0.2, 0.25) is 0 Å². The highest BCUT2D eigenvalue weighted by Crippen LogP contribution is 2.28. The molecule has 1 aliphatic rings. The van der Waals surface area contributed by atoms with E-state index in [0.29, 0.717) is 0 Å². The van der Waals surface area contributed by atoms with Crippen molar-refractivity contribution in [2.24, 2.45) is 0 Å². The Labute approximate surface area is 112 Å². The van der Waals surface area contributed by atoms with Crippen LogP contribution in [0, 0.1) is 0 Å². The molecule has 1 N–H and O–H groups in total. The van der Waals surface area contributed by atoms with E-state index in [4.69, 9.17) is 0 Å². The predicted octanol–water partition coefficient (Wildman–Crippen LogP) is 3.36. The Hall–Kier alpha value is -1.32. The molecule has 0 radical (unpaired) electrons. The summed E-state index contributed by atoms with van der Waals surface area (Å²) in [6.07, 6.45) is 0.759. The summed E-state index contributed by atoms with van der Waals surface area (Å²) in [5.74, 6) is 0. The minimum Gasteiger partial charge on any atom is -0.389 e. The molecule has 0 fully saturated rings. The SMILES string of the molecule is C[C@H](O)c1ccc(N2CCc3sccc3C2)cc1. The molecule has 0 saturated carbocycles. The summed E-state index contributed by atoms with van der Waals surface area (Å²) in [4.78, 5) is 3.94. The van der Waals surface area contributed by atoms with Gasteiger partial charge in [-0.15, -0.1) is 11.3 Å². The minimum absolute atomic E-state index is 0.385. The van der Waals surface area contributed by atoms with Crippen LogP contribution in [-0.2, 0) is 13.0 Å². The molecule has 2 heterocycles. The zero-order valence-corrected chi connectivity index (χ0v) is 11.3. The summed E-state index contributed by atoms with van der Waals surface area (Å²) in [5.41, 5.74) is 3.69. The molecular formula is C15H17NOS. The van der Waals surface area contributed by atoms with Crippen LogP contribution < -0.4 is 4.90 Å². The first kappa shape index (κ1) is 11.8.